The lowest BCUT2D eigenvalue weighted by atomic mass is 10.0. The summed E-state index contributed by atoms with van der Waals surface area (Å²) in [6.07, 6.45) is 22.8. The van der Waals surface area contributed by atoms with E-state index in [1.807, 2.05) is 0 Å². The van der Waals surface area contributed by atoms with Gasteiger partial charge in [0.2, 0.25) is 5.91 Å². The molecule has 1 amide bonds. The third kappa shape index (κ3) is 18.1. The van der Waals surface area contributed by atoms with Crippen LogP contribution in [-0.4, -0.2) is 18.5 Å². The Hall–Kier alpha value is -1.32. The van der Waals surface area contributed by atoms with Gasteiger partial charge in [-0.25, -0.2) is 4.79 Å². The van der Waals surface area contributed by atoms with Crippen LogP contribution in [0.4, 0.5) is 0 Å². The Labute approximate surface area is 173 Å². The molecule has 0 heterocycles. The van der Waals surface area contributed by atoms with E-state index in [1.54, 1.807) is 6.92 Å². The first kappa shape index (κ1) is 26.7. The molecule has 164 valence electrons. The number of hydrogen-bond acceptors (Lipinski definition) is 3. The van der Waals surface area contributed by atoms with Crippen molar-refractivity contribution in [3.63, 3.8) is 0 Å². The number of primary amides is 1. The highest BCUT2D eigenvalue weighted by Gasteiger charge is 2.11. The largest absolute Gasteiger partial charge is 0.463 e. The first-order valence-corrected chi connectivity index (χ1v) is 11.8. The standard InChI is InChI=1S/C24H45NO3/c1-3-5-6-7-8-9-10-11-12-13-14-15-16-17-18-19-20-22(21-23(25)26)24(27)28-4-2/h21H,3-20H2,1-2H3,(H2,25,26). The molecular formula is C24H45NO3. The fourth-order valence-corrected chi connectivity index (χ4v) is 3.49. The van der Waals surface area contributed by atoms with Gasteiger partial charge in [-0.05, 0) is 19.8 Å². The zero-order chi connectivity index (χ0) is 20.9. The van der Waals surface area contributed by atoms with Crippen molar-refractivity contribution in [2.24, 2.45) is 5.73 Å². The van der Waals surface area contributed by atoms with Crippen LogP contribution in [0.3, 0.4) is 0 Å². The number of unbranched alkanes of at least 4 members (excludes halogenated alkanes) is 15. The Kier molecular flexibility index (Phi) is 19.5. The summed E-state index contributed by atoms with van der Waals surface area (Å²) >= 11 is 0. The van der Waals surface area contributed by atoms with Crippen LogP contribution in [0.2, 0.25) is 0 Å². The lowest BCUT2D eigenvalue weighted by molar-refractivity contribution is -0.138. The van der Waals surface area contributed by atoms with Gasteiger partial charge in [0.25, 0.3) is 0 Å². The molecule has 4 heteroatoms. The van der Waals surface area contributed by atoms with Crippen LogP contribution >= 0.6 is 0 Å². The molecule has 0 aromatic carbocycles. The van der Waals surface area contributed by atoms with E-state index in [0.29, 0.717) is 18.6 Å². The third-order valence-corrected chi connectivity index (χ3v) is 5.15. The predicted octanol–water partition coefficient (Wildman–Crippen LogP) is 6.61. The van der Waals surface area contributed by atoms with Gasteiger partial charge in [-0.3, -0.25) is 4.79 Å². The average Bonchev–Trinajstić information content (AvgIpc) is 2.66. The zero-order valence-electron chi connectivity index (χ0n) is 18.6. The van der Waals surface area contributed by atoms with Gasteiger partial charge in [-0.2, -0.15) is 0 Å². The van der Waals surface area contributed by atoms with Gasteiger partial charge in [-0.1, -0.05) is 103 Å². The minimum Gasteiger partial charge on any atom is -0.463 e. The van der Waals surface area contributed by atoms with Crippen LogP contribution in [0.5, 0.6) is 0 Å². The third-order valence-electron chi connectivity index (χ3n) is 5.15. The number of carbonyl (C=O) groups is 2. The summed E-state index contributed by atoms with van der Waals surface area (Å²) in [4.78, 5) is 22.8. The number of esters is 1. The number of ether oxygens (including phenoxy) is 1. The summed E-state index contributed by atoms with van der Waals surface area (Å²) in [5, 5.41) is 0. The molecule has 0 fully saturated rings. The smallest absolute Gasteiger partial charge is 0.334 e. The van der Waals surface area contributed by atoms with Crippen molar-refractivity contribution >= 4 is 11.9 Å². The van der Waals surface area contributed by atoms with E-state index in [2.05, 4.69) is 6.92 Å². The van der Waals surface area contributed by atoms with Gasteiger partial charge < -0.3 is 10.5 Å². The summed E-state index contributed by atoms with van der Waals surface area (Å²) in [5.74, 6) is -0.998. The van der Waals surface area contributed by atoms with E-state index in [9.17, 15) is 9.59 Å². The SMILES string of the molecule is CCCCCCCCCCCCCCCCCCC(=CC(N)=O)C(=O)OCC. The molecule has 2 N–H and O–H groups in total. The first-order valence-electron chi connectivity index (χ1n) is 11.8. The Bertz CT molecular complexity index is 418. The predicted molar refractivity (Wildman–Crippen MR) is 118 cm³/mol. The van der Waals surface area contributed by atoms with Crippen LogP contribution in [-0.2, 0) is 14.3 Å². The van der Waals surface area contributed by atoms with Crippen molar-refractivity contribution in [2.75, 3.05) is 6.61 Å². The highest BCUT2D eigenvalue weighted by atomic mass is 16.5. The maximum atomic E-state index is 11.8. The van der Waals surface area contributed by atoms with Crippen LogP contribution in [0, 0.1) is 0 Å². The monoisotopic (exact) mass is 395 g/mol. The number of carbonyl (C=O) groups excluding carboxylic acids is 2. The quantitative estimate of drug-likeness (QED) is 0.143. The highest BCUT2D eigenvalue weighted by molar-refractivity contribution is 5.97. The molecular weight excluding hydrogens is 350 g/mol. The Balaban J connectivity index is 3.47. The van der Waals surface area contributed by atoms with E-state index < -0.39 is 11.9 Å². The second-order valence-corrected chi connectivity index (χ2v) is 7.85. The van der Waals surface area contributed by atoms with Crippen molar-refractivity contribution in [1.82, 2.24) is 0 Å². The van der Waals surface area contributed by atoms with E-state index in [4.69, 9.17) is 10.5 Å². The topological polar surface area (TPSA) is 69.4 Å². The minimum atomic E-state index is -0.584. The average molecular weight is 396 g/mol. The van der Waals surface area contributed by atoms with Crippen molar-refractivity contribution in [3.8, 4) is 0 Å². The van der Waals surface area contributed by atoms with E-state index in [0.717, 1.165) is 12.8 Å². The summed E-state index contributed by atoms with van der Waals surface area (Å²) < 4.78 is 4.97. The molecule has 0 atom stereocenters. The lowest BCUT2D eigenvalue weighted by Crippen LogP contribution is -2.13. The molecule has 0 aromatic heterocycles. The maximum absolute atomic E-state index is 11.8. The number of rotatable bonds is 20. The Morgan fingerprint density at radius 3 is 1.43 bits per heavy atom. The molecule has 0 spiro atoms. The summed E-state index contributed by atoms with van der Waals surface area (Å²) in [7, 11) is 0. The molecule has 0 saturated heterocycles. The van der Waals surface area contributed by atoms with Gasteiger partial charge in [0, 0.05) is 11.6 Å². The second-order valence-electron chi connectivity index (χ2n) is 7.85. The van der Waals surface area contributed by atoms with Crippen LogP contribution in [0.1, 0.15) is 123 Å². The number of amides is 1. The molecule has 28 heavy (non-hydrogen) atoms. The summed E-state index contributed by atoms with van der Waals surface area (Å²) in [5.41, 5.74) is 5.57. The molecule has 0 radical (unpaired) electrons. The fraction of sp³-hybridized carbons (Fsp3) is 0.833. The van der Waals surface area contributed by atoms with E-state index in [1.165, 1.54) is 96.0 Å². The van der Waals surface area contributed by atoms with Crippen LogP contribution in [0.25, 0.3) is 0 Å². The van der Waals surface area contributed by atoms with Gasteiger partial charge in [0.1, 0.15) is 0 Å². The van der Waals surface area contributed by atoms with Crippen molar-refractivity contribution in [1.29, 1.82) is 0 Å². The molecule has 4 nitrogen and oxygen atoms in total. The molecule has 0 unspecified atom stereocenters. The lowest BCUT2D eigenvalue weighted by Gasteiger charge is -2.07. The molecule has 0 aliphatic carbocycles. The normalized spacial score (nSPS) is 11.6. The van der Waals surface area contributed by atoms with Crippen molar-refractivity contribution in [3.05, 3.63) is 11.6 Å². The molecule has 0 bridgehead atoms. The van der Waals surface area contributed by atoms with E-state index >= 15 is 0 Å². The number of nitrogens with two attached hydrogens (primary N) is 1. The Morgan fingerprint density at radius 2 is 1.07 bits per heavy atom. The number of hydrogen-bond donors (Lipinski definition) is 1. The molecule has 0 rings (SSSR count). The maximum Gasteiger partial charge on any atom is 0.334 e. The Morgan fingerprint density at radius 1 is 0.679 bits per heavy atom. The molecule has 0 aromatic rings. The van der Waals surface area contributed by atoms with Crippen LogP contribution in [0.15, 0.2) is 11.6 Å². The van der Waals surface area contributed by atoms with E-state index in [-0.39, 0.29) is 0 Å². The molecule has 0 saturated carbocycles. The van der Waals surface area contributed by atoms with Gasteiger partial charge >= 0.3 is 5.97 Å². The second kappa shape index (κ2) is 20.4. The first-order chi connectivity index (χ1) is 13.6. The van der Waals surface area contributed by atoms with Crippen molar-refractivity contribution < 1.29 is 14.3 Å². The molecule has 0 aliphatic rings. The van der Waals surface area contributed by atoms with Gasteiger partial charge in [0.05, 0.1) is 6.61 Å². The van der Waals surface area contributed by atoms with Crippen LogP contribution < -0.4 is 5.73 Å². The van der Waals surface area contributed by atoms with Gasteiger partial charge in [0.15, 0.2) is 0 Å². The fourth-order valence-electron chi connectivity index (χ4n) is 3.49. The zero-order valence-corrected chi connectivity index (χ0v) is 18.6. The summed E-state index contributed by atoms with van der Waals surface area (Å²) in [6, 6.07) is 0. The molecule has 0 aliphatic heterocycles. The van der Waals surface area contributed by atoms with Gasteiger partial charge in [-0.15, -0.1) is 0 Å². The summed E-state index contributed by atoms with van der Waals surface area (Å²) in [6.45, 7) is 4.34. The van der Waals surface area contributed by atoms with Crippen molar-refractivity contribution in [2.45, 2.75) is 123 Å². The highest BCUT2D eigenvalue weighted by Crippen LogP contribution is 2.15. The minimum absolute atomic E-state index is 0.313.